The summed E-state index contributed by atoms with van der Waals surface area (Å²) < 4.78 is 16.3. The predicted octanol–water partition coefficient (Wildman–Crippen LogP) is 2.20. The molecule has 5 heteroatoms. The van der Waals surface area contributed by atoms with E-state index in [1.54, 1.807) is 13.0 Å². The molecule has 0 aromatic rings. The van der Waals surface area contributed by atoms with Gasteiger partial charge >= 0.3 is 13.1 Å². The molecule has 0 atom stereocenters. The number of rotatable bonds is 3. The number of allylic oxidation sites excluding steroid dienone is 1. The Hall–Kier alpha value is -0.805. The standard InChI is InChI=1S/C12H21BO4/c1-7-9(10(14)15-6)8-13-16-11(2,3)12(4,5)17-13/h7H,8H2,1-6H3. The van der Waals surface area contributed by atoms with Crippen LogP contribution < -0.4 is 0 Å². The molecular formula is C12H21BO4. The van der Waals surface area contributed by atoms with E-state index in [1.165, 1.54) is 7.11 Å². The zero-order valence-electron chi connectivity index (χ0n) is 11.5. The fourth-order valence-corrected chi connectivity index (χ4v) is 1.68. The van der Waals surface area contributed by atoms with Gasteiger partial charge in [-0.05, 0) is 34.6 Å². The SMILES string of the molecule is CC=C(CB1OC(C)(C)C(C)(C)O1)C(=O)OC. The van der Waals surface area contributed by atoms with E-state index in [9.17, 15) is 4.79 Å². The zero-order valence-corrected chi connectivity index (χ0v) is 11.5. The molecule has 0 unspecified atom stereocenters. The first-order valence-electron chi connectivity index (χ1n) is 5.82. The minimum atomic E-state index is -0.398. The van der Waals surface area contributed by atoms with Gasteiger partial charge in [0, 0.05) is 11.9 Å². The Morgan fingerprint density at radius 1 is 1.24 bits per heavy atom. The van der Waals surface area contributed by atoms with Crippen molar-refractivity contribution >= 4 is 13.1 Å². The molecule has 0 aromatic carbocycles. The van der Waals surface area contributed by atoms with Gasteiger partial charge in [-0.3, -0.25) is 0 Å². The topological polar surface area (TPSA) is 44.8 Å². The van der Waals surface area contributed by atoms with E-state index in [-0.39, 0.29) is 17.2 Å². The van der Waals surface area contributed by atoms with Crippen LogP contribution in [0.5, 0.6) is 0 Å². The maximum absolute atomic E-state index is 11.5. The van der Waals surface area contributed by atoms with Gasteiger partial charge in [-0.15, -0.1) is 0 Å². The summed E-state index contributed by atoms with van der Waals surface area (Å²) in [7, 11) is 0.973. The Balaban J connectivity index is 2.71. The summed E-state index contributed by atoms with van der Waals surface area (Å²) in [5.74, 6) is -0.331. The Labute approximate surface area is 103 Å². The molecule has 0 N–H and O–H groups in total. The van der Waals surface area contributed by atoms with Gasteiger partial charge in [0.15, 0.2) is 0 Å². The van der Waals surface area contributed by atoms with E-state index in [2.05, 4.69) is 0 Å². The molecule has 96 valence electrons. The van der Waals surface area contributed by atoms with E-state index in [0.29, 0.717) is 11.9 Å². The minimum Gasteiger partial charge on any atom is -0.466 e. The van der Waals surface area contributed by atoms with Crippen LogP contribution >= 0.6 is 0 Å². The number of esters is 1. The normalized spacial score (nSPS) is 22.7. The van der Waals surface area contributed by atoms with E-state index >= 15 is 0 Å². The quantitative estimate of drug-likeness (QED) is 0.431. The lowest BCUT2D eigenvalue weighted by Crippen LogP contribution is -2.41. The summed E-state index contributed by atoms with van der Waals surface area (Å²) in [5, 5.41) is 0. The van der Waals surface area contributed by atoms with Crippen LogP contribution in [0.15, 0.2) is 11.6 Å². The Morgan fingerprint density at radius 3 is 2.06 bits per heavy atom. The highest BCUT2D eigenvalue weighted by Gasteiger charge is 2.51. The van der Waals surface area contributed by atoms with Gasteiger partial charge < -0.3 is 14.0 Å². The second-order valence-electron chi connectivity index (χ2n) is 5.20. The molecule has 0 saturated carbocycles. The summed E-state index contributed by atoms with van der Waals surface area (Å²) in [6.07, 6.45) is 2.15. The Kier molecular flexibility index (Phi) is 4.04. The largest absolute Gasteiger partial charge is 0.466 e. The average Bonchev–Trinajstić information content (AvgIpc) is 2.43. The number of ether oxygens (including phenoxy) is 1. The molecule has 4 nitrogen and oxygen atoms in total. The van der Waals surface area contributed by atoms with Gasteiger partial charge in [0.1, 0.15) is 0 Å². The van der Waals surface area contributed by atoms with Crippen molar-refractivity contribution in [3.8, 4) is 0 Å². The van der Waals surface area contributed by atoms with Crippen LogP contribution in [0.2, 0.25) is 6.32 Å². The summed E-state index contributed by atoms with van der Waals surface area (Å²) in [4.78, 5) is 11.5. The summed E-state index contributed by atoms with van der Waals surface area (Å²) in [5.41, 5.74) is -0.162. The van der Waals surface area contributed by atoms with Gasteiger partial charge in [0.2, 0.25) is 0 Å². The van der Waals surface area contributed by atoms with Crippen LogP contribution in [0.3, 0.4) is 0 Å². The molecule has 0 spiro atoms. The van der Waals surface area contributed by atoms with Crippen molar-refractivity contribution in [2.45, 2.75) is 52.1 Å². The van der Waals surface area contributed by atoms with Crippen molar-refractivity contribution in [2.24, 2.45) is 0 Å². The molecule has 1 aliphatic rings. The van der Waals surface area contributed by atoms with E-state index in [0.717, 1.165) is 0 Å². The molecule has 0 radical (unpaired) electrons. The molecule has 1 aliphatic heterocycles. The summed E-state index contributed by atoms with van der Waals surface area (Å²) in [6.45, 7) is 9.75. The first kappa shape index (κ1) is 14.3. The van der Waals surface area contributed by atoms with Crippen molar-refractivity contribution in [2.75, 3.05) is 7.11 Å². The minimum absolute atomic E-state index is 0.331. The third-order valence-electron chi connectivity index (χ3n) is 3.48. The Bertz CT molecular complexity index is 317. The molecule has 17 heavy (non-hydrogen) atoms. The molecule has 0 aromatic heterocycles. The highest BCUT2D eigenvalue weighted by molar-refractivity contribution is 6.47. The number of carbonyl (C=O) groups excluding carboxylic acids is 1. The second-order valence-corrected chi connectivity index (χ2v) is 5.20. The van der Waals surface area contributed by atoms with E-state index < -0.39 is 7.12 Å². The molecule has 0 aliphatic carbocycles. The summed E-state index contributed by atoms with van der Waals surface area (Å²) in [6, 6.07) is 0. The smallest absolute Gasteiger partial charge is 0.462 e. The number of hydrogen-bond donors (Lipinski definition) is 0. The van der Waals surface area contributed by atoms with Gasteiger partial charge in [0.25, 0.3) is 0 Å². The van der Waals surface area contributed by atoms with Gasteiger partial charge in [-0.1, -0.05) is 6.08 Å². The van der Waals surface area contributed by atoms with Crippen LogP contribution in [0.4, 0.5) is 0 Å². The lowest BCUT2D eigenvalue weighted by atomic mass is 9.80. The van der Waals surface area contributed by atoms with Crippen LogP contribution in [0.25, 0.3) is 0 Å². The third kappa shape index (κ3) is 2.90. The maximum Gasteiger partial charge on any atom is 0.462 e. The van der Waals surface area contributed by atoms with Crippen molar-refractivity contribution in [3.05, 3.63) is 11.6 Å². The first-order valence-corrected chi connectivity index (χ1v) is 5.82. The molecule has 1 heterocycles. The van der Waals surface area contributed by atoms with E-state index in [1.807, 2.05) is 27.7 Å². The zero-order chi connectivity index (χ0) is 13.3. The molecule has 1 fully saturated rings. The fourth-order valence-electron chi connectivity index (χ4n) is 1.68. The van der Waals surface area contributed by atoms with E-state index in [4.69, 9.17) is 14.0 Å². The van der Waals surface area contributed by atoms with Crippen molar-refractivity contribution < 1.29 is 18.8 Å². The first-order chi connectivity index (χ1) is 7.73. The van der Waals surface area contributed by atoms with Crippen LogP contribution in [0.1, 0.15) is 34.6 Å². The fraction of sp³-hybridized carbons (Fsp3) is 0.750. The van der Waals surface area contributed by atoms with Gasteiger partial charge in [-0.25, -0.2) is 4.79 Å². The number of methoxy groups -OCH3 is 1. The van der Waals surface area contributed by atoms with Gasteiger partial charge in [-0.2, -0.15) is 0 Å². The predicted molar refractivity (Wildman–Crippen MR) is 66.7 cm³/mol. The molecule has 1 rings (SSSR count). The highest BCUT2D eigenvalue weighted by Crippen LogP contribution is 2.38. The van der Waals surface area contributed by atoms with Crippen molar-refractivity contribution in [1.82, 2.24) is 0 Å². The third-order valence-corrected chi connectivity index (χ3v) is 3.48. The lowest BCUT2D eigenvalue weighted by Gasteiger charge is -2.32. The molecule has 0 amide bonds. The molecule has 1 saturated heterocycles. The lowest BCUT2D eigenvalue weighted by molar-refractivity contribution is -0.136. The van der Waals surface area contributed by atoms with Crippen LogP contribution in [0, 0.1) is 0 Å². The second kappa shape index (κ2) is 4.82. The van der Waals surface area contributed by atoms with Crippen LogP contribution in [-0.2, 0) is 18.8 Å². The van der Waals surface area contributed by atoms with Crippen LogP contribution in [-0.4, -0.2) is 31.4 Å². The molecular weight excluding hydrogens is 219 g/mol. The summed E-state index contributed by atoms with van der Waals surface area (Å²) >= 11 is 0. The highest BCUT2D eigenvalue weighted by atomic mass is 16.7. The number of carbonyl (C=O) groups is 1. The Morgan fingerprint density at radius 2 is 1.71 bits per heavy atom. The average molecular weight is 240 g/mol. The molecule has 0 bridgehead atoms. The maximum atomic E-state index is 11.5. The van der Waals surface area contributed by atoms with Crippen molar-refractivity contribution in [1.29, 1.82) is 0 Å². The monoisotopic (exact) mass is 240 g/mol. The van der Waals surface area contributed by atoms with Gasteiger partial charge in [0.05, 0.1) is 18.3 Å². The number of hydrogen-bond acceptors (Lipinski definition) is 4. The van der Waals surface area contributed by atoms with Crippen molar-refractivity contribution in [3.63, 3.8) is 0 Å².